The van der Waals surface area contributed by atoms with Gasteiger partial charge in [0, 0.05) is 11.4 Å². The van der Waals surface area contributed by atoms with E-state index < -0.39 is 10.0 Å². The van der Waals surface area contributed by atoms with Crippen LogP contribution >= 0.6 is 0 Å². The summed E-state index contributed by atoms with van der Waals surface area (Å²) < 4.78 is 29.1. The molecule has 0 aliphatic heterocycles. The lowest BCUT2D eigenvalue weighted by molar-refractivity contribution is 0.600. The largest absolute Gasteiger partial charge is 0.263 e. The van der Waals surface area contributed by atoms with Gasteiger partial charge in [0.15, 0.2) is 5.82 Å². The highest BCUT2D eigenvalue weighted by atomic mass is 32.2. The van der Waals surface area contributed by atoms with E-state index >= 15 is 0 Å². The summed E-state index contributed by atoms with van der Waals surface area (Å²) in [5, 5.41) is 13.7. The Hall–Kier alpha value is -3.25. The van der Waals surface area contributed by atoms with Crippen LogP contribution in [-0.4, -0.2) is 28.2 Å². The van der Waals surface area contributed by atoms with Gasteiger partial charge in [-0.15, -0.1) is 0 Å². The normalized spacial score (nSPS) is 11.2. The van der Waals surface area contributed by atoms with Crippen LogP contribution < -0.4 is 4.72 Å². The molecule has 1 N–H and O–H groups in total. The van der Waals surface area contributed by atoms with Gasteiger partial charge < -0.3 is 0 Å². The molecule has 26 heavy (non-hydrogen) atoms. The molecule has 0 bridgehead atoms. The van der Waals surface area contributed by atoms with Crippen molar-refractivity contribution in [1.82, 2.24) is 19.7 Å². The third-order valence-corrected chi connectivity index (χ3v) is 4.97. The van der Waals surface area contributed by atoms with Gasteiger partial charge in [-0.1, -0.05) is 18.2 Å². The summed E-state index contributed by atoms with van der Waals surface area (Å²) in [5.41, 5.74) is 1.90. The van der Waals surface area contributed by atoms with E-state index in [1.54, 1.807) is 45.0 Å². The van der Waals surface area contributed by atoms with Crippen molar-refractivity contribution in [3.05, 3.63) is 59.0 Å². The Morgan fingerprint density at radius 1 is 1.08 bits per heavy atom. The highest BCUT2D eigenvalue weighted by Crippen LogP contribution is 2.24. The quantitative estimate of drug-likeness (QED) is 0.755. The molecule has 3 aromatic rings. The van der Waals surface area contributed by atoms with Crippen molar-refractivity contribution in [2.75, 3.05) is 4.72 Å². The fraction of sp³-hybridized carbons (Fsp3) is 0.176. The molecule has 0 radical (unpaired) electrons. The Labute approximate surface area is 151 Å². The second-order valence-corrected chi connectivity index (χ2v) is 7.38. The van der Waals surface area contributed by atoms with E-state index in [0.29, 0.717) is 17.1 Å². The minimum atomic E-state index is -3.90. The van der Waals surface area contributed by atoms with Gasteiger partial charge in [0.1, 0.15) is 11.6 Å². The Balaban J connectivity index is 2.17. The summed E-state index contributed by atoms with van der Waals surface area (Å²) in [4.78, 5) is 8.68. The second-order valence-electron chi connectivity index (χ2n) is 5.70. The number of hydrogen-bond acceptors (Lipinski definition) is 6. The zero-order valence-electron chi connectivity index (χ0n) is 14.4. The number of benzene rings is 1. The van der Waals surface area contributed by atoms with E-state index in [2.05, 4.69) is 19.8 Å². The van der Waals surface area contributed by atoms with Crippen LogP contribution in [0.5, 0.6) is 0 Å². The molecule has 0 aliphatic carbocycles. The van der Waals surface area contributed by atoms with Crippen molar-refractivity contribution >= 4 is 15.8 Å². The lowest BCUT2D eigenvalue weighted by Crippen LogP contribution is -2.17. The summed E-state index contributed by atoms with van der Waals surface area (Å²) in [5.74, 6) is 0.205. The predicted octanol–water partition coefficient (Wildman–Crippen LogP) is 2.26. The molecular weight excluding hydrogens is 352 g/mol. The molecule has 0 aliphatic rings. The highest BCUT2D eigenvalue weighted by molar-refractivity contribution is 7.92. The molecule has 132 valence electrons. The van der Waals surface area contributed by atoms with Crippen LogP contribution in [0.2, 0.25) is 0 Å². The minimum absolute atomic E-state index is 0.0128. The van der Waals surface area contributed by atoms with Gasteiger partial charge >= 0.3 is 0 Å². The molecular formula is C17H16N6O2S. The first-order valence-corrected chi connectivity index (χ1v) is 9.20. The molecule has 2 aromatic heterocycles. The number of aryl methyl sites for hydroxylation is 3. The van der Waals surface area contributed by atoms with E-state index in [4.69, 9.17) is 0 Å². The summed E-state index contributed by atoms with van der Waals surface area (Å²) in [7, 11) is -3.90. The molecule has 0 atom stereocenters. The van der Waals surface area contributed by atoms with Crippen molar-refractivity contribution < 1.29 is 8.42 Å². The molecule has 1 aromatic carbocycles. The predicted molar refractivity (Wildman–Crippen MR) is 95.3 cm³/mol. The van der Waals surface area contributed by atoms with Crippen molar-refractivity contribution in [2.24, 2.45) is 0 Å². The number of nitrogens with zero attached hydrogens (tertiary/aromatic N) is 5. The van der Waals surface area contributed by atoms with Crippen LogP contribution in [0.1, 0.15) is 22.6 Å². The van der Waals surface area contributed by atoms with Gasteiger partial charge in [-0.25, -0.2) is 18.4 Å². The number of hydrogen-bond donors (Lipinski definition) is 1. The second kappa shape index (κ2) is 6.57. The Bertz CT molecular complexity index is 1090. The van der Waals surface area contributed by atoms with E-state index in [1.165, 1.54) is 16.8 Å². The first-order chi connectivity index (χ1) is 12.3. The smallest absolute Gasteiger partial charge is 0.262 e. The number of nitriles is 1. The number of sulfonamides is 1. The number of anilines is 1. The number of aromatic nitrogens is 4. The van der Waals surface area contributed by atoms with Gasteiger partial charge in [0.25, 0.3) is 16.0 Å². The SMILES string of the molecule is Cc1cc(C)nc(-n2nc(C)c(C#N)c2NS(=O)(=O)c2ccccc2)n1. The molecule has 8 nitrogen and oxygen atoms in total. The Kier molecular flexibility index (Phi) is 4.44. The lowest BCUT2D eigenvalue weighted by atomic mass is 10.3. The number of nitrogens with one attached hydrogen (secondary N) is 1. The Morgan fingerprint density at radius 2 is 1.69 bits per heavy atom. The van der Waals surface area contributed by atoms with Crippen molar-refractivity contribution in [3.63, 3.8) is 0 Å². The third-order valence-electron chi connectivity index (χ3n) is 3.62. The highest BCUT2D eigenvalue weighted by Gasteiger charge is 2.24. The monoisotopic (exact) mass is 368 g/mol. The van der Waals surface area contributed by atoms with Crippen molar-refractivity contribution in [2.45, 2.75) is 25.7 Å². The average molecular weight is 368 g/mol. The van der Waals surface area contributed by atoms with Crippen LogP contribution in [0, 0.1) is 32.1 Å². The molecule has 3 rings (SSSR count). The molecule has 0 unspecified atom stereocenters. The molecule has 0 amide bonds. The zero-order valence-corrected chi connectivity index (χ0v) is 15.2. The van der Waals surface area contributed by atoms with Gasteiger partial charge in [-0.05, 0) is 39.0 Å². The van der Waals surface area contributed by atoms with Gasteiger partial charge in [-0.2, -0.15) is 15.0 Å². The maximum absolute atomic E-state index is 12.7. The number of rotatable bonds is 4. The zero-order chi connectivity index (χ0) is 18.9. The topological polar surface area (TPSA) is 114 Å². The van der Waals surface area contributed by atoms with Crippen molar-refractivity contribution in [3.8, 4) is 12.0 Å². The van der Waals surface area contributed by atoms with Crippen LogP contribution in [-0.2, 0) is 10.0 Å². The maximum Gasteiger partial charge on any atom is 0.263 e. The third kappa shape index (κ3) is 3.27. The van der Waals surface area contributed by atoms with Crippen LogP contribution in [0.3, 0.4) is 0 Å². The van der Waals surface area contributed by atoms with E-state index in [0.717, 1.165) is 0 Å². The minimum Gasteiger partial charge on any atom is -0.262 e. The fourth-order valence-corrected chi connectivity index (χ4v) is 3.56. The lowest BCUT2D eigenvalue weighted by Gasteiger charge is -2.11. The maximum atomic E-state index is 12.7. The molecule has 0 saturated carbocycles. The van der Waals surface area contributed by atoms with E-state index in [-0.39, 0.29) is 22.2 Å². The molecule has 9 heteroatoms. The molecule has 0 fully saturated rings. The molecule has 0 spiro atoms. The summed E-state index contributed by atoms with van der Waals surface area (Å²) >= 11 is 0. The van der Waals surface area contributed by atoms with Crippen molar-refractivity contribution in [1.29, 1.82) is 5.26 Å². The van der Waals surface area contributed by atoms with E-state index in [1.807, 2.05) is 6.07 Å². The first-order valence-electron chi connectivity index (χ1n) is 7.72. The van der Waals surface area contributed by atoms with Crippen LogP contribution in [0.15, 0.2) is 41.3 Å². The average Bonchev–Trinajstić information content (AvgIpc) is 2.89. The Morgan fingerprint density at radius 3 is 2.27 bits per heavy atom. The van der Waals surface area contributed by atoms with E-state index in [9.17, 15) is 13.7 Å². The molecule has 0 saturated heterocycles. The summed E-state index contributed by atoms with van der Waals surface area (Å²) in [6.07, 6.45) is 0. The van der Waals surface area contributed by atoms with Gasteiger partial charge in [-0.3, -0.25) is 4.72 Å². The van der Waals surface area contributed by atoms with Crippen LogP contribution in [0.25, 0.3) is 5.95 Å². The standard InChI is InChI=1S/C17H16N6O2S/c1-11-9-12(2)20-17(19-11)23-16(15(10-18)13(3)21-23)22-26(24,25)14-7-5-4-6-8-14/h4-9,22H,1-3H3. The molecule has 2 heterocycles. The summed E-state index contributed by atoms with van der Waals surface area (Å²) in [6, 6.07) is 11.7. The summed E-state index contributed by atoms with van der Waals surface area (Å²) in [6.45, 7) is 5.22. The first kappa shape index (κ1) is 17.6. The van der Waals surface area contributed by atoms with Gasteiger partial charge in [0.05, 0.1) is 10.6 Å². The van der Waals surface area contributed by atoms with Gasteiger partial charge in [0.2, 0.25) is 0 Å². The fourth-order valence-electron chi connectivity index (χ4n) is 2.49. The van der Waals surface area contributed by atoms with Crippen LogP contribution in [0.4, 0.5) is 5.82 Å².